The number of hydrogen-bond acceptors (Lipinski definition) is 5. The molecule has 0 bridgehead atoms. The van der Waals surface area contributed by atoms with Crippen LogP contribution >= 0.6 is 0 Å². The van der Waals surface area contributed by atoms with E-state index in [9.17, 15) is 9.59 Å². The van der Waals surface area contributed by atoms with Crippen molar-refractivity contribution in [3.05, 3.63) is 48.0 Å². The minimum atomic E-state index is -1.20. The van der Waals surface area contributed by atoms with E-state index in [1.54, 1.807) is 7.05 Å². The quantitative estimate of drug-likeness (QED) is 0.342. The zero-order valence-electron chi connectivity index (χ0n) is 12.1. The van der Waals surface area contributed by atoms with Crippen LogP contribution in [0.3, 0.4) is 0 Å². The predicted molar refractivity (Wildman–Crippen MR) is 78.1 cm³/mol. The van der Waals surface area contributed by atoms with Gasteiger partial charge in [-0.2, -0.15) is 0 Å². The molecule has 6 nitrogen and oxygen atoms in total. The molecule has 6 heteroatoms. The summed E-state index contributed by atoms with van der Waals surface area (Å²) in [4.78, 5) is 22.2. The number of carboxylic acids is 1. The van der Waals surface area contributed by atoms with Gasteiger partial charge in [-0.05, 0) is 12.0 Å². The van der Waals surface area contributed by atoms with Crippen molar-refractivity contribution in [3.8, 4) is 0 Å². The first kappa shape index (κ1) is 16.9. The zero-order valence-corrected chi connectivity index (χ0v) is 12.1. The molecule has 0 radical (unpaired) electrons. The summed E-state index contributed by atoms with van der Waals surface area (Å²) in [6, 6.07) is 9.00. The van der Waals surface area contributed by atoms with Crippen LogP contribution in [0, 0.1) is 0 Å². The van der Waals surface area contributed by atoms with Gasteiger partial charge < -0.3 is 9.84 Å². The molecule has 0 saturated heterocycles. The van der Waals surface area contributed by atoms with Crippen LogP contribution in [-0.2, 0) is 14.3 Å². The summed E-state index contributed by atoms with van der Waals surface area (Å²) in [5, 5.41) is 10.0. The minimum absolute atomic E-state index is 0.213. The Labute approximate surface area is 123 Å². The van der Waals surface area contributed by atoms with Crippen LogP contribution in [0.5, 0.6) is 0 Å². The third kappa shape index (κ3) is 5.37. The van der Waals surface area contributed by atoms with Gasteiger partial charge in [0.1, 0.15) is 6.10 Å². The number of nitrogens with two attached hydrogens (primary N) is 1. The molecule has 0 aromatic heterocycles. The number of benzene rings is 1. The predicted octanol–water partition coefficient (Wildman–Crippen LogP) is 1.50. The van der Waals surface area contributed by atoms with Gasteiger partial charge in [0, 0.05) is 19.2 Å². The first-order valence-electron chi connectivity index (χ1n) is 6.59. The van der Waals surface area contributed by atoms with E-state index in [1.165, 1.54) is 5.01 Å². The highest BCUT2D eigenvalue weighted by atomic mass is 16.5. The minimum Gasteiger partial charge on any atom is -0.478 e. The fraction of sp³-hybridized carbons (Fsp3) is 0.333. The average Bonchev–Trinajstić information content (AvgIpc) is 2.45. The number of carbonyl (C=O) groups excluding carboxylic acids is 1. The molecule has 3 N–H and O–H groups in total. The van der Waals surface area contributed by atoms with Crippen molar-refractivity contribution in [3.63, 3.8) is 0 Å². The zero-order chi connectivity index (χ0) is 15.8. The Balaban J connectivity index is 2.97. The highest BCUT2D eigenvalue weighted by Crippen LogP contribution is 2.25. The highest BCUT2D eigenvalue weighted by molar-refractivity contribution is 5.90. The summed E-state index contributed by atoms with van der Waals surface area (Å²) in [5.74, 6) is 3.89. The molecule has 21 heavy (non-hydrogen) atoms. The largest absolute Gasteiger partial charge is 0.478 e. The molecule has 0 heterocycles. The molecule has 0 aliphatic heterocycles. The van der Waals surface area contributed by atoms with Gasteiger partial charge in [0.2, 0.25) is 0 Å². The van der Waals surface area contributed by atoms with Crippen LogP contribution in [0.4, 0.5) is 0 Å². The number of hydrogen-bond donors (Lipinski definition) is 2. The van der Waals surface area contributed by atoms with Gasteiger partial charge in [0.15, 0.2) is 0 Å². The molecule has 0 aliphatic carbocycles. The van der Waals surface area contributed by atoms with E-state index >= 15 is 0 Å². The van der Waals surface area contributed by atoms with E-state index in [2.05, 4.69) is 0 Å². The molecule has 0 amide bonds. The smallest absolute Gasteiger partial charge is 0.331 e. The number of rotatable bonds is 7. The van der Waals surface area contributed by atoms with E-state index in [-0.39, 0.29) is 6.04 Å². The summed E-state index contributed by atoms with van der Waals surface area (Å²) in [6.45, 7) is 1.94. The standard InChI is InChI=1S/C15H20N2O4/c1-3-12(17(2)16)15(11-7-5-4-6-8-11)21-14(20)10-9-13(18)19/h4-10,12,15H,3,16H2,1-2H3,(H,18,19)/b10-9+/t12-,15+/m0/s1. The first-order chi connectivity index (χ1) is 9.95. The molecule has 0 aliphatic rings. The van der Waals surface area contributed by atoms with Crippen molar-refractivity contribution in [1.29, 1.82) is 0 Å². The van der Waals surface area contributed by atoms with Gasteiger partial charge >= 0.3 is 11.9 Å². The normalized spacial score (nSPS) is 14.1. The number of aliphatic carboxylic acids is 1. The number of esters is 1. The summed E-state index contributed by atoms with van der Waals surface area (Å²) < 4.78 is 5.39. The van der Waals surface area contributed by atoms with Gasteiger partial charge in [0.25, 0.3) is 0 Å². The fourth-order valence-electron chi connectivity index (χ4n) is 2.03. The highest BCUT2D eigenvalue weighted by Gasteiger charge is 2.27. The van der Waals surface area contributed by atoms with Gasteiger partial charge in [-0.1, -0.05) is 37.3 Å². The second kappa shape index (κ2) is 8.18. The Morgan fingerprint density at radius 1 is 1.33 bits per heavy atom. The molecule has 1 aromatic carbocycles. The lowest BCUT2D eigenvalue weighted by Gasteiger charge is -2.30. The number of nitrogens with zero attached hydrogens (tertiary/aromatic N) is 1. The number of carboxylic acid groups (broad SMARTS) is 1. The van der Waals surface area contributed by atoms with Crippen molar-refractivity contribution in [2.45, 2.75) is 25.5 Å². The Morgan fingerprint density at radius 2 is 1.95 bits per heavy atom. The van der Waals surface area contributed by atoms with Crippen molar-refractivity contribution in [1.82, 2.24) is 5.01 Å². The SMILES string of the molecule is CC[C@@H]([C@H](OC(=O)/C=C/C(=O)O)c1ccccc1)N(C)N. The summed E-state index contributed by atoms with van der Waals surface area (Å²) >= 11 is 0. The Morgan fingerprint density at radius 3 is 2.43 bits per heavy atom. The van der Waals surface area contributed by atoms with Crippen molar-refractivity contribution < 1.29 is 19.4 Å². The third-order valence-corrected chi connectivity index (χ3v) is 3.02. The van der Waals surface area contributed by atoms with E-state index in [4.69, 9.17) is 15.7 Å². The maximum Gasteiger partial charge on any atom is 0.331 e. The maximum atomic E-state index is 11.7. The van der Waals surface area contributed by atoms with Crippen LogP contribution in [0.2, 0.25) is 0 Å². The van der Waals surface area contributed by atoms with Gasteiger partial charge in [-0.3, -0.25) is 5.84 Å². The summed E-state index contributed by atoms with van der Waals surface area (Å²) in [5.41, 5.74) is 0.804. The first-order valence-corrected chi connectivity index (χ1v) is 6.59. The topological polar surface area (TPSA) is 92.9 Å². The van der Waals surface area contributed by atoms with Crippen LogP contribution in [0.15, 0.2) is 42.5 Å². The lowest BCUT2D eigenvalue weighted by atomic mass is 10.00. The van der Waals surface area contributed by atoms with Gasteiger partial charge in [-0.15, -0.1) is 0 Å². The van der Waals surface area contributed by atoms with Gasteiger partial charge in [-0.25, -0.2) is 14.6 Å². The molecule has 1 aromatic rings. The van der Waals surface area contributed by atoms with Crippen LogP contribution < -0.4 is 5.84 Å². The molecule has 0 spiro atoms. The molecule has 2 atom stereocenters. The fourth-order valence-corrected chi connectivity index (χ4v) is 2.03. The molecule has 114 valence electrons. The second-order valence-electron chi connectivity index (χ2n) is 4.58. The van der Waals surface area contributed by atoms with Crippen LogP contribution in [0.1, 0.15) is 25.0 Å². The molecule has 0 saturated carbocycles. The average molecular weight is 292 g/mol. The van der Waals surface area contributed by atoms with E-state index < -0.39 is 18.0 Å². The Kier molecular flexibility index (Phi) is 6.58. The molecular weight excluding hydrogens is 272 g/mol. The number of hydrazine groups is 1. The number of carbonyl (C=O) groups is 2. The van der Waals surface area contributed by atoms with Gasteiger partial charge in [0.05, 0.1) is 6.04 Å². The second-order valence-corrected chi connectivity index (χ2v) is 4.58. The Hall–Kier alpha value is -2.18. The van der Waals surface area contributed by atoms with E-state index in [1.807, 2.05) is 37.3 Å². The summed E-state index contributed by atoms with van der Waals surface area (Å²) in [6.07, 6.45) is 1.73. The molecular formula is C15H20N2O4. The van der Waals surface area contributed by atoms with Crippen molar-refractivity contribution in [2.75, 3.05) is 7.05 Å². The van der Waals surface area contributed by atoms with Crippen molar-refractivity contribution >= 4 is 11.9 Å². The van der Waals surface area contributed by atoms with E-state index in [0.29, 0.717) is 6.42 Å². The third-order valence-electron chi connectivity index (χ3n) is 3.02. The lowest BCUT2D eigenvalue weighted by Crippen LogP contribution is -2.42. The maximum absolute atomic E-state index is 11.7. The monoisotopic (exact) mass is 292 g/mol. The van der Waals surface area contributed by atoms with Crippen molar-refractivity contribution in [2.24, 2.45) is 5.84 Å². The number of ether oxygens (including phenoxy) is 1. The molecule has 0 unspecified atom stereocenters. The van der Waals surface area contributed by atoms with Crippen LogP contribution in [0.25, 0.3) is 0 Å². The van der Waals surface area contributed by atoms with E-state index in [0.717, 1.165) is 17.7 Å². The molecule has 0 fully saturated rings. The molecule has 1 rings (SSSR count). The number of likely N-dealkylation sites (N-methyl/N-ethyl adjacent to an activating group) is 1. The summed E-state index contributed by atoms with van der Waals surface area (Å²) in [7, 11) is 1.70. The van der Waals surface area contributed by atoms with Crippen LogP contribution in [-0.4, -0.2) is 35.1 Å². The lowest BCUT2D eigenvalue weighted by molar-refractivity contribution is -0.147. The Bertz CT molecular complexity index is 500.